The largest absolute Gasteiger partial charge is 0.339 e. The Bertz CT molecular complexity index is 241. The highest BCUT2D eigenvalue weighted by Crippen LogP contribution is 2.24. The molecule has 0 bridgehead atoms. The van der Waals surface area contributed by atoms with Crippen LogP contribution in [0.2, 0.25) is 0 Å². The molecule has 92 valence electrons. The Morgan fingerprint density at radius 2 is 1.75 bits per heavy atom. The number of rotatable bonds is 2. The van der Waals surface area contributed by atoms with Crippen molar-refractivity contribution in [1.29, 1.82) is 0 Å². The first kappa shape index (κ1) is 11.9. The minimum atomic E-state index is -0.349. The van der Waals surface area contributed by atoms with Gasteiger partial charge in [-0.2, -0.15) is 0 Å². The van der Waals surface area contributed by atoms with E-state index in [0.29, 0.717) is 0 Å². The van der Waals surface area contributed by atoms with Gasteiger partial charge in [-0.05, 0) is 19.8 Å². The average Bonchev–Trinajstić information content (AvgIpc) is 2.81. The van der Waals surface area contributed by atoms with E-state index in [1.54, 1.807) is 6.92 Å². The van der Waals surface area contributed by atoms with E-state index in [2.05, 4.69) is 4.90 Å². The molecule has 2 aliphatic rings. The molecule has 0 radical (unpaired) electrons. The third-order valence-corrected chi connectivity index (χ3v) is 3.86. The molecule has 4 nitrogen and oxygen atoms in total. The Kier molecular flexibility index (Phi) is 3.82. The van der Waals surface area contributed by atoms with Crippen molar-refractivity contribution in [1.82, 2.24) is 9.80 Å². The first-order valence-corrected chi connectivity index (χ1v) is 6.47. The number of piperazine rings is 1. The van der Waals surface area contributed by atoms with Gasteiger partial charge in [0.15, 0.2) is 0 Å². The predicted molar refractivity (Wildman–Crippen MR) is 64.1 cm³/mol. The predicted octanol–water partition coefficient (Wildman–Crippen LogP) is 0.420. The molecular weight excluding hydrogens is 202 g/mol. The quantitative estimate of drug-likeness (QED) is 0.741. The van der Waals surface area contributed by atoms with E-state index in [1.165, 1.54) is 25.7 Å². The lowest BCUT2D eigenvalue weighted by molar-refractivity contribution is -0.134. The number of hydrogen-bond donors (Lipinski definition) is 1. The maximum absolute atomic E-state index is 11.7. The summed E-state index contributed by atoms with van der Waals surface area (Å²) in [5.41, 5.74) is 5.62. The third-order valence-electron chi connectivity index (χ3n) is 3.86. The molecule has 0 spiro atoms. The van der Waals surface area contributed by atoms with Gasteiger partial charge < -0.3 is 10.6 Å². The lowest BCUT2D eigenvalue weighted by atomic mass is 10.1. The molecule has 0 aromatic heterocycles. The van der Waals surface area contributed by atoms with Crippen LogP contribution in [0.25, 0.3) is 0 Å². The van der Waals surface area contributed by atoms with Gasteiger partial charge in [0.25, 0.3) is 0 Å². The van der Waals surface area contributed by atoms with Crippen LogP contribution >= 0.6 is 0 Å². The first-order valence-electron chi connectivity index (χ1n) is 6.47. The van der Waals surface area contributed by atoms with Crippen molar-refractivity contribution in [2.24, 2.45) is 5.73 Å². The molecule has 1 heterocycles. The van der Waals surface area contributed by atoms with Gasteiger partial charge in [0.2, 0.25) is 5.91 Å². The molecule has 1 atom stereocenters. The Labute approximate surface area is 97.8 Å². The molecule has 2 N–H and O–H groups in total. The summed E-state index contributed by atoms with van der Waals surface area (Å²) in [5, 5.41) is 0. The molecule has 1 unspecified atom stereocenters. The van der Waals surface area contributed by atoms with Crippen molar-refractivity contribution in [3.05, 3.63) is 0 Å². The van der Waals surface area contributed by atoms with Crippen LogP contribution in [0.3, 0.4) is 0 Å². The van der Waals surface area contributed by atoms with E-state index in [4.69, 9.17) is 5.73 Å². The van der Waals surface area contributed by atoms with Crippen molar-refractivity contribution in [2.75, 3.05) is 26.2 Å². The summed E-state index contributed by atoms with van der Waals surface area (Å²) >= 11 is 0. The van der Waals surface area contributed by atoms with Gasteiger partial charge in [-0.25, -0.2) is 0 Å². The van der Waals surface area contributed by atoms with Gasteiger partial charge in [0.05, 0.1) is 6.04 Å². The molecule has 1 saturated carbocycles. The van der Waals surface area contributed by atoms with Crippen LogP contribution in [0.1, 0.15) is 32.6 Å². The van der Waals surface area contributed by atoms with Gasteiger partial charge in [0, 0.05) is 32.2 Å². The first-order chi connectivity index (χ1) is 7.68. The normalized spacial score (nSPS) is 26.0. The third kappa shape index (κ3) is 2.55. The van der Waals surface area contributed by atoms with Crippen LogP contribution in [-0.4, -0.2) is 54.0 Å². The second-order valence-electron chi connectivity index (χ2n) is 5.09. The fourth-order valence-electron chi connectivity index (χ4n) is 2.86. The Morgan fingerprint density at radius 3 is 2.25 bits per heavy atom. The summed E-state index contributed by atoms with van der Waals surface area (Å²) in [6.07, 6.45) is 5.45. The smallest absolute Gasteiger partial charge is 0.239 e. The van der Waals surface area contributed by atoms with E-state index in [1.807, 2.05) is 4.90 Å². The summed E-state index contributed by atoms with van der Waals surface area (Å²) in [7, 11) is 0. The number of carbonyl (C=O) groups excluding carboxylic acids is 1. The maximum Gasteiger partial charge on any atom is 0.239 e. The molecule has 4 heteroatoms. The molecular formula is C12H23N3O. The Hall–Kier alpha value is -0.610. The molecule has 1 amide bonds. The highest BCUT2D eigenvalue weighted by atomic mass is 16.2. The Morgan fingerprint density at radius 1 is 1.19 bits per heavy atom. The standard InChI is InChI=1S/C12H23N3O/c1-10(13)12(16)15-8-6-14(7-9-15)11-4-2-3-5-11/h10-11H,2-9,13H2,1H3. The number of amides is 1. The van der Waals surface area contributed by atoms with E-state index in [-0.39, 0.29) is 11.9 Å². The monoisotopic (exact) mass is 225 g/mol. The van der Waals surface area contributed by atoms with Crippen molar-refractivity contribution < 1.29 is 4.79 Å². The van der Waals surface area contributed by atoms with Crippen molar-refractivity contribution in [3.8, 4) is 0 Å². The zero-order chi connectivity index (χ0) is 11.5. The number of carbonyl (C=O) groups is 1. The SMILES string of the molecule is CC(N)C(=O)N1CCN(C2CCCC2)CC1. The van der Waals surface area contributed by atoms with Crippen LogP contribution in [0.4, 0.5) is 0 Å². The van der Waals surface area contributed by atoms with Crippen LogP contribution in [0.15, 0.2) is 0 Å². The van der Waals surface area contributed by atoms with E-state index in [9.17, 15) is 4.79 Å². The number of hydrogen-bond acceptors (Lipinski definition) is 3. The summed E-state index contributed by atoms with van der Waals surface area (Å²) in [4.78, 5) is 16.2. The maximum atomic E-state index is 11.7. The van der Waals surface area contributed by atoms with Gasteiger partial charge in [-0.3, -0.25) is 9.69 Å². The van der Waals surface area contributed by atoms with Gasteiger partial charge in [0.1, 0.15) is 0 Å². The summed E-state index contributed by atoms with van der Waals surface area (Å²) in [6, 6.07) is 0.436. The molecule has 2 fully saturated rings. The van der Waals surface area contributed by atoms with Gasteiger partial charge in [-0.1, -0.05) is 12.8 Å². The highest BCUT2D eigenvalue weighted by Gasteiger charge is 2.28. The minimum absolute atomic E-state index is 0.103. The molecule has 2 rings (SSSR count). The highest BCUT2D eigenvalue weighted by molar-refractivity contribution is 5.81. The summed E-state index contributed by atoms with van der Waals surface area (Å²) in [5.74, 6) is 0.103. The van der Waals surface area contributed by atoms with Crippen LogP contribution in [0, 0.1) is 0 Å². The molecule has 1 aliphatic carbocycles. The van der Waals surface area contributed by atoms with Crippen LogP contribution in [0.5, 0.6) is 0 Å². The topological polar surface area (TPSA) is 49.6 Å². The van der Waals surface area contributed by atoms with Crippen molar-refractivity contribution in [3.63, 3.8) is 0 Å². The van der Waals surface area contributed by atoms with E-state index < -0.39 is 0 Å². The van der Waals surface area contributed by atoms with Crippen LogP contribution < -0.4 is 5.73 Å². The molecule has 0 aromatic carbocycles. The van der Waals surface area contributed by atoms with E-state index in [0.717, 1.165) is 32.2 Å². The van der Waals surface area contributed by atoms with Crippen LogP contribution in [-0.2, 0) is 4.79 Å². The second kappa shape index (κ2) is 5.15. The second-order valence-corrected chi connectivity index (χ2v) is 5.09. The van der Waals surface area contributed by atoms with Crippen molar-refractivity contribution >= 4 is 5.91 Å². The summed E-state index contributed by atoms with van der Waals surface area (Å²) in [6.45, 7) is 5.55. The summed E-state index contributed by atoms with van der Waals surface area (Å²) < 4.78 is 0. The molecule has 0 aromatic rings. The molecule has 1 aliphatic heterocycles. The Balaban J connectivity index is 1.80. The fraction of sp³-hybridized carbons (Fsp3) is 0.917. The van der Waals surface area contributed by atoms with Crippen molar-refractivity contribution in [2.45, 2.75) is 44.7 Å². The molecule has 16 heavy (non-hydrogen) atoms. The number of nitrogens with two attached hydrogens (primary N) is 1. The molecule has 1 saturated heterocycles. The minimum Gasteiger partial charge on any atom is -0.339 e. The van der Waals surface area contributed by atoms with Gasteiger partial charge in [-0.15, -0.1) is 0 Å². The zero-order valence-corrected chi connectivity index (χ0v) is 10.2. The lowest BCUT2D eigenvalue weighted by Crippen LogP contribution is -2.54. The van der Waals surface area contributed by atoms with Gasteiger partial charge >= 0.3 is 0 Å². The lowest BCUT2D eigenvalue weighted by Gasteiger charge is -2.38. The fourth-order valence-corrected chi connectivity index (χ4v) is 2.86. The number of nitrogens with zero attached hydrogens (tertiary/aromatic N) is 2. The average molecular weight is 225 g/mol. The zero-order valence-electron chi connectivity index (χ0n) is 10.2. The van der Waals surface area contributed by atoms with E-state index >= 15 is 0 Å².